The molecule has 2 N–H and O–H groups in total. The first-order valence-electron chi connectivity index (χ1n) is 6.66. The zero-order chi connectivity index (χ0) is 12.8. The van der Waals surface area contributed by atoms with E-state index >= 15 is 0 Å². The second-order valence-corrected chi connectivity index (χ2v) is 5.39. The van der Waals surface area contributed by atoms with Gasteiger partial charge in [-0.15, -0.1) is 0 Å². The summed E-state index contributed by atoms with van der Waals surface area (Å²) in [4.78, 5) is 4.32. The number of hydrogen-bond acceptors (Lipinski definition) is 3. The van der Waals surface area contributed by atoms with E-state index in [0.717, 1.165) is 18.8 Å². The third kappa shape index (κ3) is 4.46. The molecule has 0 aliphatic heterocycles. The van der Waals surface area contributed by atoms with Crippen LogP contribution in [-0.2, 0) is 13.0 Å². The maximum absolute atomic E-state index is 6.21. The van der Waals surface area contributed by atoms with E-state index < -0.39 is 0 Å². The monoisotopic (exact) mass is 238 g/mol. The molecule has 4 nitrogen and oxygen atoms in total. The van der Waals surface area contributed by atoms with Crippen molar-refractivity contribution in [2.24, 2.45) is 17.6 Å². The van der Waals surface area contributed by atoms with Crippen molar-refractivity contribution in [2.75, 3.05) is 0 Å². The van der Waals surface area contributed by atoms with Crippen LogP contribution >= 0.6 is 0 Å². The average Bonchev–Trinajstić information content (AvgIpc) is 2.65. The largest absolute Gasteiger partial charge is 0.327 e. The van der Waals surface area contributed by atoms with Gasteiger partial charge in [-0.3, -0.25) is 0 Å². The Bertz CT molecular complexity index is 319. The van der Waals surface area contributed by atoms with Gasteiger partial charge in [0.1, 0.15) is 12.2 Å². The molecule has 0 saturated carbocycles. The molecular formula is C13H26N4. The molecule has 0 saturated heterocycles. The van der Waals surface area contributed by atoms with Crippen LogP contribution in [0.5, 0.6) is 0 Å². The van der Waals surface area contributed by atoms with Crippen molar-refractivity contribution in [3.05, 3.63) is 12.2 Å². The van der Waals surface area contributed by atoms with Crippen molar-refractivity contribution in [1.82, 2.24) is 14.8 Å². The Morgan fingerprint density at radius 2 is 2.06 bits per heavy atom. The summed E-state index contributed by atoms with van der Waals surface area (Å²) in [5.74, 6) is 2.15. The lowest BCUT2D eigenvalue weighted by Crippen LogP contribution is -2.32. The summed E-state index contributed by atoms with van der Waals surface area (Å²) in [5.41, 5.74) is 6.21. The molecule has 0 radical (unpaired) electrons. The molecule has 2 atom stereocenters. The summed E-state index contributed by atoms with van der Waals surface area (Å²) in [6, 6.07) is 0.185. The van der Waals surface area contributed by atoms with Crippen LogP contribution in [0.25, 0.3) is 0 Å². The van der Waals surface area contributed by atoms with Gasteiger partial charge in [-0.25, -0.2) is 9.67 Å². The smallest absolute Gasteiger partial charge is 0.138 e. The highest BCUT2D eigenvalue weighted by atomic mass is 15.3. The predicted octanol–water partition coefficient (Wildman–Crippen LogP) is 2.24. The highest BCUT2D eigenvalue weighted by molar-refractivity contribution is 4.90. The molecule has 0 bridgehead atoms. The third-order valence-electron chi connectivity index (χ3n) is 3.13. The summed E-state index contributed by atoms with van der Waals surface area (Å²) < 4.78 is 1.99. The summed E-state index contributed by atoms with van der Waals surface area (Å²) in [5, 5.41) is 4.26. The molecular weight excluding hydrogens is 212 g/mol. The molecule has 4 heteroatoms. The molecule has 2 unspecified atom stereocenters. The van der Waals surface area contributed by atoms with E-state index in [1.165, 1.54) is 12.8 Å². The molecule has 17 heavy (non-hydrogen) atoms. The Morgan fingerprint density at radius 3 is 2.65 bits per heavy atom. The molecule has 0 aliphatic carbocycles. The van der Waals surface area contributed by atoms with Gasteiger partial charge in [0.2, 0.25) is 0 Å². The first kappa shape index (κ1) is 14.2. The molecule has 0 aliphatic rings. The van der Waals surface area contributed by atoms with Crippen LogP contribution in [0.3, 0.4) is 0 Å². The van der Waals surface area contributed by atoms with Crippen molar-refractivity contribution in [2.45, 2.75) is 59.5 Å². The van der Waals surface area contributed by atoms with Gasteiger partial charge >= 0.3 is 0 Å². The van der Waals surface area contributed by atoms with Crippen molar-refractivity contribution in [3.63, 3.8) is 0 Å². The maximum Gasteiger partial charge on any atom is 0.138 e. The van der Waals surface area contributed by atoms with Crippen molar-refractivity contribution < 1.29 is 0 Å². The molecule has 0 spiro atoms. The highest BCUT2D eigenvalue weighted by Crippen LogP contribution is 2.13. The zero-order valence-electron chi connectivity index (χ0n) is 11.6. The second kappa shape index (κ2) is 6.74. The Morgan fingerprint density at radius 1 is 1.35 bits per heavy atom. The summed E-state index contributed by atoms with van der Waals surface area (Å²) in [6.07, 6.45) is 4.83. The average molecular weight is 238 g/mol. The van der Waals surface area contributed by atoms with Crippen LogP contribution in [0.4, 0.5) is 0 Å². The second-order valence-electron chi connectivity index (χ2n) is 5.39. The van der Waals surface area contributed by atoms with Gasteiger partial charge < -0.3 is 5.73 Å². The summed E-state index contributed by atoms with van der Waals surface area (Å²) in [6.45, 7) is 9.71. The van der Waals surface area contributed by atoms with E-state index in [2.05, 4.69) is 37.8 Å². The Kier molecular flexibility index (Phi) is 5.62. The minimum absolute atomic E-state index is 0.185. The third-order valence-corrected chi connectivity index (χ3v) is 3.13. The standard InChI is InChI=1S/C13H26N4/c1-5-6-11(4)12(14)7-13-15-9-16-17(13)8-10(2)3/h9-12H,5-8,14H2,1-4H3. The van der Waals surface area contributed by atoms with Crippen LogP contribution in [-0.4, -0.2) is 20.8 Å². The summed E-state index contributed by atoms with van der Waals surface area (Å²) in [7, 11) is 0. The Labute approximate surface area is 105 Å². The highest BCUT2D eigenvalue weighted by Gasteiger charge is 2.16. The summed E-state index contributed by atoms with van der Waals surface area (Å²) >= 11 is 0. The molecule has 0 amide bonds. The first-order valence-corrected chi connectivity index (χ1v) is 6.66. The minimum atomic E-state index is 0.185. The number of rotatable bonds is 7. The minimum Gasteiger partial charge on any atom is -0.327 e. The lowest BCUT2D eigenvalue weighted by molar-refractivity contribution is 0.396. The molecule has 1 heterocycles. The molecule has 0 fully saturated rings. The van der Waals surface area contributed by atoms with Crippen LogP contribution in [0, 0.1) is 11.8 Å². The van der Waals surface area contributed by atoms with Crippen LogP contribution in [0.1, 0.15) is 46.4 Å². The van der Waals surface area contributed by atoms with Crippen molar-refractivity contribution in [1.29, 1.82) is 0 Å². The molecule has 1 aromatic rings. The molecule has 1 rings (SSSR count). The fraction of sp³-hybridized carbons (Fsp3) is 0.846. The SMILES string of the molecule is CCCC(C)C(N)Cc1ncnn1CC(C)C. The normalized spacial score (nSPS) is 15.2. The van der Waals surface area contributed by atoms with Crippen LogP contribution < -0.4 is 5.73 Å². The van der Waals surface area contributed by atoms with Crippen molar-refractivity contribution >= 4 is 0 Å². The Balaban J connectivity index is 2.58. The van der Waals surface area contributed by atoms with E-state index in [0.29, 0.717) is 11.8 Å². The maximum atomic E-state index is 6.21. The number of nitrogens with zero attached hydrogens (tertiary/aromatic N) is 3. The van der Waals surface area contributed by atoms with Crippen LogP contribution in [0.15, 0.2) is 6.33 Å². The lowest BCUT2D eigenvalue weighted by Gasteiger charge is -2.19. The van der Waals surface area contributed by atoms with Gasteiger partial charge in [-0.2, -0.15) is 5.10 Å². The molecule has 0 aromatic carbocycles. The number of nitrogens with two attached hydrogens (primary N) is 1. The van der Waals surface area contributed by atoms with E-state index in [1.807, 2.05) is 4.68 Å². The fourth-order valence-corrected chi connectivity index (χ4v) is 2.03. The van der Waals surface area contributed by atoms with Gasteiger partial charge in [0.05, 0.1) is 0 Å². The number of hydrogen-bond donors (Lipinski definition) is 1. The van der Waals surface area contributed by atoms with Gasteiger partial charge in [0.25, 0.3) is 0 Å². The van der Waals surface area contributed by atoms with Crippen LogP contribution in [0.2, 0.25) is 0 Å². The first-order chi connectivity index (χ1) is 8.04. The topological polar surface area (TPSA) is 56.7 Å². The van der Waals surface area contributed by atoms with Gasteiger partial charge in [0, 0.05) is 19.0 Å². The van der Waals surface area contributed by atoms with E-state index in [4.69, 9.17) is 5.73 Å². The van der Waals surface area contributed by atoms with E-state index in [9.17, 15) is 0 Å². The van der Waals surface area contributed by atoms with E-state index in [-0.39, 0.29) is 6.04 Å². The zero-order valence-corrected chi connectivity index (χ0v) is 11.6. The predicted molar refractivity (Wildman–Crippen MR) is 70.6 cm³/mol. The van der Waals surface area contributed by atoms with Gasteiger partial charge in [0.15, 0.2) is 0 Å². The fourth-order valence-electron chi connectivity index (χ4n) is 2.03. The van der Waals surface area contributed by atoms with Gasteiger partial charge in [-0.1, -0.05) is 34.1 Å². The molecule has 1 aromatic heterocycles. The Hall–Kier alpha value is -0.900. The molecule has 98 valence electrons. The van der Waals surface area contributed by atoms with E-state index in [1.54, 1.807) is 6.33 Å². The lowest BCUT2D eigenvalue weighted by atomic mass is 9.95. The quantitative estimate of drug-likeness (QED) is 0.792. The number of aromatic nitrogens is 3. The van der Waals surface area contributed by atoms with Gasteiger partial charge in [-0.05, 0) is 18.3 Å². The van der Waals surface area contributed by atoms with Crippen molar-refractivity contribution in [3.8, 4) is 0 Å².